The van der Waals surface area contributed by atoms with E-state index in [4.69, 9.17) is 0 Å². The minimum atomic E-state index is -0.936. The van der Waals surface area contributed by atoms with Gasteiger partial charge in [-0.3, -0.25) is 9.20 Å². The standard InChI is InChI=1S/C13H15N3O3S2/c1-7-4-15-9(5-21-13(15)14-7)3-11(17)16-8(2)20-6-10(16)12(18)19/h4-5,8,10H,3,6H2,1-2H3,(H,18,19). The second kappa shape index (κ2) is 5.34. The van der Waals surface area contributed by atoms with Crippen LogP contribution in [0.4, 0.5) is 0 Å². The van der Waals surface area contributed by atoms with Crippen LogP contribution in [0, 0.1) is 6.92 Å². The van der Waals surface area contributed by atoms with E-state index in [0.717, 1.165) is 16.3 Å². The van der Waals surface area contributed by atoms with Gasteiger partial charge in [0.25, 0.3) is 0 Å². The molecule has 1 N–H and O–H groups in total. The number of hydrogen-bond acceptors (Lipinski definition) is 5. The molecular weight excluding hydrogens is 310 g/mol. The normalized spacial score (nSPS) is 22.1. The van der Waals surface area contributed by atoms with Crippen molar-refractivity contribution < 1.29 is 14.7 Å². The lowest BCUT2D eigenvalue weighted by atomic mass is 10.2. The number of amides is 1. The maximum atomic E-state index is 12.5. The summed E-state index contributed by atoms with van der Waals surface area (Å²) in [6.45, 7) is 3.78. The van der Waals surface area contributed by atoms with Crippen molar-refractivity contribution >= 4 is 39.9 Å². The smallest absolute Gasteiger partial charge is 0.327 e. The number of fused-ring (bicyclic) bond motifs is 1. The number of carboxylic acid groups (broad SMARTS) is 1. The molecule has 112 valence electrons. The van der Waals surface area contributed by atoms with Crippen LogP contribution in [0.25, 0.3) is 4.96 Å². The van der Waals surface area contributed by atoms with Crippen LogP contribution in [0.2, 0.25) is 0 Å². The van der Waals surface area contributed by atoms with E-state index in [1.807, 2.05) is 29.8 Å². The Bertz CT molecular complexity index is 709. The zero-order valence-electron chi connectivity index (χ0n) is 11.6. The number of aliphatic carboxylic acids is 1. The fraction of sp³-hybridized carbons (Fsp3) is 0.462. The Morgan fingerprint density at radius 1 is 1.52 bits per heavy atom. The van der Waals surface area contributed by atoms with Gasteiger partial charge in [0.1, 0.15) is 6.04 Å². The largest absolute Gasteiger partial charge is 0.480 e. The number of imidazole rings is 1. The van der Waals surface area contributed by atoms with Crippen LogP contribution in [0.1, 0.15) is 18.3 Å². The van der Waals surface area contributed by atoms with Gasteiger partial charge in [-0.05, 0) is 13.8 Å². The molecule has 0 bridgehead atoms. The highest BCUT2D eigenvalue weighted by atomic mass is 32.2. The average molecular weight is 325 g/mol. The van der Waals surface area contributed by atoms with Gasteiger partial charge in [-0.15, -0.1) is 23.1 Å². The van der Waals surface area contributed by atoms with Crippen LogP contribution in [-0.4, -0.2) is 48.4 Å². The van der Waals surface area contributed by atoms with Crippen molar-refractivity contribution in [1.29, 1.82) is 0 Å². The van der Waals surface area contributed by atoms with Gasteiger partial charge in [0, 0.05) is 23.0 Å². The van der Waals surface area contributed by atoms with Gasteiger partial charge in [0.2, 0.25) is 5.91 Å². The van der Waals surface area contributed by atoms with E-state index in [9.17, 15) is 14.7 Å². The lowest BCUT2D eigenvalue weighted by Gasteiger charge is -2.24. The second-order valence-corrected chi connectivity index (χ2v) is 7.21. The summed E-state index contributed by atoms with van der Waals surface area (Å²) in [6.07, 6.45) is 2.09. The minimum Gasteiger partial charge on any atom is -0.480 e. The van der Waals surface area contributed by atoms with Gasteiger partial charge in [-0.1, -0.05) is 0 Å². The highest BCUT2D eigenvalue weighted by molar-refractivity contribution is 8.00. The Kier molecular flexibility index (Phi) is 3.66. The topological polar surface area (TPSA) is 74.9 Å². The van der Waals surface area contributed by atoms with E-state index in [2.05, 4.69) is 4.98 Å². The van der Waals surface area contributed by atoms with Crippen LogP contribution >= 0.6 is 23.1 Å². The molecule has 21 heavy (non-hydrogen) atoms. The lowest BCUT2D eigenvalue weighted by molar-refractivity contribution is -0.148. The fourth-order valence-electron chi connectivity index (χ4n) is 2.53. The maximum absolute atomic E-state index is 12.5. The molecule has 0 spiro atoms. The highest BCUT2D eigenvalue weighted by Gasteiger charge is 2.39. The summed E-state index contributed by atoms with van der Waals surface area (Å²) >= 11 is 2.98. The predicted octanol–water partition coefficient (Wildman–Crippen LogP) is 1.62. The second-order valence-electron chi connectivity index (χ2n) is 5.03. The summed E-state index contributed by atoms with van der Waals surface area (Å²) in [5.41, 5.74) is 1.76. The molecule has 3 heterocycles. The first-order chi connectivity index (χ1) is 9.97. The quantitative estimate of drug-likeness (QED) is 0.928. The number of carboxylic acids is 1. The van der Waals surface area contributed by atoms with Crippen molar-refractivity contribution in [2.75, 3.05) is 5.75 Å². The number of thiazole rings is 1. The number of hydrogen-bond donors (Lipinski definition) is 1. The molecule has 2 unspecified atom stereocenters. The molecule has 1 aliphatic heterocycles. The van der Waals surface area contributed by atoms with E-state index >= 15 is 0 Å². The van der Waals surface area contributed by atoms with Crippen LogP contribution in [0.5, 0.6) is 0 Å². The zero-order valence-corrected chi connectivity index (χ0v) is 13.3. The molecule has 1 aliphatic rings. The van der Waals surface area contributed by atoms with E-state index in [0.29, 0.717) is 5.75 Å². The third kappa shape index (κ3) is 2.53. The number of rotatable bonds is 3. The monoisotopic (exact) mass is 325 g/mol. The number of aromatic nitrogens is 2. The van der Waals surface area contributed by atoms with E-state index < -0.39 is 12.0 Å². The summed E-state index contributed by atoms with van der Waals surface area (Å²) < 4.78 is 1.90. The van der Waals surface area contributed by atoms with Gasteiger partial charge < -0.3 is 10.0 Å². The van der Waals surface area contributed by atoms with Crippen molar-refractivity contribution in [1.82, 2.24) is 14.3 Å². The van der Waals surface area contributed by atoms with Gasteiger partial charge >= 0.3 is 5.97 Å². The Morgan fingerprint density at radius 2 is 2.29 bits per heavy atom. The molecule has 3 rings (SSSR count). The van der Waals surface area contributed by atoms with E-state index in [1.54, 1.807) is 0 Å². The van der Waals surface area contributed by atoms with Crippen molar-refractivity contribution in [2.24, 2.45) is 0 Å². The Morgan fingerprint density at radius 3 is 3.00 bits per heavy atom. The van der Waals surface area contributed by atoms with Crippen molar-refractivity contribution in [3.63, 3.8) is 0 Å². The number of thioether (sulfide) groups is 1. The summed E-state index contributed by atoms with van der Waals surface area (Å²) in [5, 5.41) is 11.0. The minimum absolute atomic E-state index is 0.0998. The van der Waals surface area contributed by atoms with E-state index in [1.165, 1.54) is 28.0 Å². The molecule has 2 aromatic heterocycles. The molecule has 0 saturated carbocycles. The molecule has 1 fully saturated rings. The summed E-state index contributed by atoms with van der Waals surface area (Å²) in [6, 6.07) is -0.726. The summed E-state index contributed by atoms with van der Waals surface area (Å²) in [7, 11) is 0. The maximum Gasteiger partial charge on any atom is 0.327 e. The molecule has 0 radical (unpaired) electrons. The van der Waals surface area contributed by atoms with Crippen molar-refractivity contribution in [3.8, 4) is 0 Å². The average Bonchev–Trinajstić information content (AvgIpc) is 3.05. The van der Waals surface area contributed by atoms with Gasteiger partial charge in [0.15, 0.2) is 4.96 Å². The number of carbonyl (C=O) groups is 2. The molecule has 1 saturated heterocycles. The first-order valence-corrected chi connectivity index (χ1v) is 8.48. The SMILES string of the molecule is Cc1cn2c(CC(=O)N3C(C)SCC3C(=O)O)csc2n1. The van der Waals surface area contributed by atoms with Crippen LogP contribution in [0.15, 0.2) is 11.6 Å². The summed E-state index contributed by atoms with van der Waals surface area (Å²) in [5.74, 6) is -0.633. The Labute approximate surface area is 129 Å². The molecule has 8 heteroatoms. The first-order valence-electron chi connectivity index (χ1n) is 6.55. The van der Waals surface area contributed by atoms with Gasteiger partial charge in [-0.2, -0.15) is 0 Å². The molecule has 0 aromatic carbocycles. The molecule has 1 amide bonds. The van der Waals surface area contributed by atoms with Gasteiger partial charge in [0.05, 0.1) is 17.5 Å². The molecule has 6 nitrogen and oxygen atoms in total. The molecule has 2 atom stereocenters. The van der Waals surface area contributed by atoms with Crippen LogP contribution < -0.4 is 0 Å². The first kappa shape index (κ1) is 14.4. The Balaban J connectivity index is 1.83. The Hall–Kier alpha value is -1.54. The molecular formula is C13H15N3O3S2. The summed E-state index contributed by atoms with van der Waals surface area (Å²) in [4.78, 5) is 30.5. The van der Waals surface area contributed by atoms with Gasteiger partial charge in [-0.25, -0.2) is 9.78 Å². The van der Waals surface area contributed by atoms with E-state index in [-0.39, 0.29) is 17.7 Å². The lowest BCUT2D eigenvalue weighted by Crippen LogP contribution is -2.45. The zero-order chi connectivity index (χ0) is 15.1. The molecule has 2 aromatic rings. The fourth-order valence-corrected chi connectivity index (χ4v) is 4.63. The van der Waals surface area contributed by atoms with Crippen molar-refractivity contribution in [2.45, 2.75) is 31.7 Å². The van der Waals surface area contributed by atoms with Crippen LogP contribution in [0.3, 0.4) is 0 Å². The van der Waals surface area contributed by atoms with Crippen LogP contribution in [-0.2, 0) is 16.0 Å². The number of carbonyl (C=O) groups excluding carboxylic acids is 1. The number of aryl methyl sites for hydroxylation is 1. The number of nitrogens with zero attached hydrogens (tertiary/aromatic N) is 3. The third-order valence-corrected chi connectivity index (χ3v) is 5.64. The third-order valence-electron chi connectivity index (χ3n) is 3.53. The predicted molar refractivity (Wildman–Crippen MR) is 81.7 cm³/mol. The van der Waals surface area contributed by atoms with Crippen molar-refractivity contribution in [3.05, 3.63) is 23.0 Å². The highest BCUT2D eigenvalue weighted by Crippen LogP contribution is 2.29. The molecule has 0 aliphatic carbocycles.